The van der Waals surface area contributed by atoms with Gasteiger partial charge in [0.1, 0.15) is 16.8 Å². The number of hydrogen-bond acceptors (Lipinski definition) is 4. The molecule has 1 heterocycles. The third-order valence-corrected chi connectivity index (χ3v) is 6.06. The molecule has 0 spiro atoms. The smallest absolute Gasteiger partial charge is 0.417 e. The molecule has 3 aromatic carbocycles. The molecule has 0 amide bonds. The maximum Gasteiger partial charge on any atom is 0.417 e. The molecule has 4 rings (SSSR count). The lowest BCUT2D eigenvalue weighted by Crippen LogP contribution is -2.10. The number of nitriles is 1. The lowest BCUT2D eigenvalue weighted by atomic mass is 10.1. The number of benzene rings is 3. The first-order valence-electron chi connectivity index (χ1n) is 9.67. The van der Waals surface area contributed by atoms with Crippen molar-refractivity contribution in [1.82, 2.24) is 4.98 Å². The fraction of sp³-hybridized carbons (Fsp3) is 0.120. The van der Waals surface area contributed by atoms with Crippen molar-refractivity contribution in [1.29, 1.82) is 5.26 Å². The van der Waals surface area contributed by atoms with Gasteiger partial charge in [-0.2, -0.15) is 18.4 Å². The number of thioether (sulfide) groups is 1. The monoisotopic (exact) mass is 450 g/mol. The van der Waals surface area contributed by atoms with E-state index < -0.39 is 17.3 Å². The van der Waals surface area contributed by atoms with Crippen molar-refractivity contribution in [3.63, 3.8) is 0 Å². The van der Waals surface area contributed by atoms with Crippen LogP contribution in [0, 0.1) is 11.3 Å². The van der Waals surface area contributed by atoms with Gasteiger partial charge in [0.15, 0.2) is 0 Å². The Bertz CT molecular complexity index is 1310. The summed E-state index contributed by atoms with van der Waals surface area (Å²) < 4.78 is 46.5. The second-order valence-corrected chi connectivity index (χ2v) is 7.96. The number of aromatic nitrogens is 1. The van der Waals surface area contributed by atoms with Crippen LogP contribution in [0.2, 0.25) is 0 Å². The number of halogens is 3. The minimum absolute atomic E-state index is 0.0566. The van der Waals surface area contributed by atoms with Gasteiger partial charge in [-0.3, -0.25) is 0 Å². The van der Waals surface area contributed by atoms with E-state index in [2.05, 4.69) is 4.98 Å². The van der Waals surface area contributed by atoms with Gasteiger partial charge in [-0.1, -0.05) is 42.5 Å². The number of ether oxygens (including phenoxy) is 1. The van der Waals surface area contributed by atoms with Gasteiger partial charge in [0.05, 0.1) is 23.9 Å². The van der Waals surface area contributed by atoms with Crippen molar-refractivity contribution >= 4 is 22.5 Å². The van der Waals surface area contributed by atoms with E-state index in [0.29, 0.717) is 17.1 Å². The molecule has 0 fully saturated rings. The van der Waals surface area contributed by atoms with Gasteiger partial charge in [0, 0.05) is 11.3 Å². The summed E-state index contributed by atoms with van der Waals surface area (Å²) in [5.41, 5.74) is 0.177. The number of hydrogen-bond donors (Lipinski definition) is 0. The molecule has 160 valence electrons. The van der Waals surface area contributed by atoms with E-state index in [-0.39, 0.29) is 10.7 Å². The quantitative estimate of drug-likeness (QED) is 0.305. The molecule has 0 radical (unpaired) electrons. The molecule has 0 aliphatic carbocycles. The molecule has 7 heteroatoms. The Morgan fingerprint density at radius 2 is 1.72 bits per heavy atom. The first-order chi connectivity index (χ1) is 15.4. The summed E-state index contributed by atoms with van der Waals surface area (Å²) in [5, 5.41) is 11.7. The number of fused-ring (bicyclic) bond motifs is 1. The van der Waals surface area contributed by atoms with Crippen LogP contribution in [0.1, 0.15) is 16.7 Å². The van der Waals surface area contributed by atoms with Crippen LogP contribution in [-0.2, 0) is 11.9 Å². The zero-order valence-electron chi connectivity index (χ0n) is 17.0. The van der Waals surface area contributed by atoms with E-state index >= 15 is 0 Å². The van der Waals surface area contributed by atoms with Gasteiger partial charge in [-0.25, -0.2) is 4.98 Å². The van der Waals surface area contributed by atoms with Crippen LogP contribution in [-0.4, -0.2) is 12.1 Å². The SMILES string of the molecule is COc1ccc(-c2cc(C(F)(F)F)c(C#N)c(SCc3cccc4ccccc34)n2)cc1. The van der Waals surface area contributed by atoms with Crippen molar-refractivity contribution in [3.8, 4) is 23.1 Å². The Hall–Kier alpha value is -3.50. The summed E-state index contributed by atoms with van der Waals surface area (Å²) in [6.45, 7) is 0. The van der Waals surface area contributed by atoms with Crippen LogP contribution >= 0.6 is 11.8 Å². The van der Waals surface area contributed by atoms with Crippen LogP contribution in [0.25, 0.3) is 22.0 Å². The molecule has 0 aliphatic heterocycles. The summed E-state index contributed by atoms with van der Waals surface area (Å²) in [4.78, 5) is 4.44. The van der Waals surface area contributed by atoms with Crippen molar-refractivity contribution in [2.75, 3.05) is 7.11 Å². The highest BCUT2D eigenvalue weighted by atomic mass is 32.2. The Labute approximate surface area is 187 Å². The number of methoxy groups -OCH3 is 1. The summed E-state index contributed by atoms with van der Waals surface area (Å²) in [6, 6.07) is 22.9. The Kier molecular flexibility index (Phi) is 6.06. The summed E-state index contributed by atoms with van der Waals surface area (Å²) in [7, 11) is 1.51. The fourth-order valence-corrected chi connectivity index (χ4v) is 4.44. The molecule has 0 bridgehead atoms. The predicted octanol–water partition coefficient (Wildman–Crippen LogP) is 7.09. The van der Waals surface area contributed by atoms with Gasteiger partial charge in [0.25, 0.3) is 0 Å². The van der Waals surface area contributed by atoms with Crippen LogP contribution in [0.4, 0.5) is 13.2 Å². The highest BCUT2D eigenvalue weighted by Crippen LogP contribution is 2.39. The zero-order valence-corrected chi connectivity index (χ0v) is 17.8. The highest BCUT2D eigenvalue weighted by molar-refractivity contribution is 7.98. The molecular weight excluding hydrogens is 433 g/mol. The highest BCUT2D eigenvalue weighted by Gasteiger charge is 2.36. The molecule has 0 aliphatic rings. The van der Waals surface area contributed by atoms with E-state index in [4.69, 9.17) is 4.74 Å². The predicted molar refractivity (Wildman–Crippen MR) is 119 cm³/mol. The second-order valence-electron chi connectivity index (χ2n) is 7.00. The maximum absolute atomic E-state index is 13.8. The van der Waals surface area contributed by atoms with E-state index in [0.717, 1.165) is 34.2 Å². The summed E-state index contributed by atoms with van der Waals surface area (Å²) in [5.74, 6) is 0.968. The molecule has 0 atom stereocenters. The largest absolute Gasteiger partial charge is 0.497 e. The Morgan fingerprint density at radius 1 is 1.00 bits per heavy atom. The normalized spacial score (nSPS) is 11.3. The van der Waals surface area contributed by atoms with Crippen LogP contribution in [0.15, 0.2) is 77.8 Å². The van der Waals surface area contributed by atoms with Gasteiger partial charge in [-0.15, -0.1) is 11.8 Å². The third-order valence-electron chi connectivity index (χ3n) is 5.03. The third kappa shape index (κ3) is 4.41. The molecule has 0 saturated heterocycles. The van der Waals surface area contributed by atoms with Crippen LogP contribution in [0.3, 0.4) is 0 Å². The lowest BCUT2D eigenvalue weighted by Gasteiger charge is -2.15. The van der Waals surface area contributed by atoms with Gasteiger partial charge >= 0.3 is 6.18 Å². The minimum atomic E-state index is -4.68. The molecule has 1 aromatic heterocycles. The van der Waals surface area contributed by atoms with Gasteiger partial charge < -0.3 is 4.74 Å². The van der Waals surface area contributed by atoms with Crippen molar-refractivity contribution in [3.05, 3.63) is 89.5 Å². The Morgan fingerprint density at radius 3 is 2.41 bits per heavy atom. The van der Waals surface area contributed by atoms with Crippen molar-refractivity contribution < 1.29 is 17.9 Å². The van der Waals surface area contributed by atoms with Crippen LogP contribution in [0.5, 0.6) is 5.75 Å². The zero-order chi connectivity index (χ0) is 22.7. The first kappa shape index (κ1) is 21.7. The van der Waals surface area contributed by atoms with Crippen molar-refractivity contribution in [2.24, 2.45) is 0 Å². The van der Waals surface area contributed by atoms with Gasteiger partial charge in [-0.05, 0) is 46.7 Å². The number of rotatable bonds is 5. The standard InChI is InChI=1S/C25H17F3N2OS/c1-31-19-11-9-17(10-12-19)23-13-22(25(26,27)28)21(14-29)24(30-23)32-15-18-7-4-6-16-5-2-3-8-20(16)18/h2-13H,15H2,1H3. The number of pyridine rings is 1. The van der Waals surface area contributed by atoms with E-state index in [1.165, 1.54) is 7.11 Å². The molecule has 3 nitrogen and oxygen atoms in total. The summed E-state index contributed by atoms with van der Waals surface area (Å²) in [6.07, 6.45) is -4.68. The Balaban J connectivity index is 1.78. The molecule has 0 saturated carbocycles. The lowest BCUT2D eigenvalue weighted by molar-refractivity contribution is -0.138. The van der Waals surface area contributed by atoms with Crippen LogP contribution < -0.4 is 4.74 Å². The first-order valence-corrected chi connectivity index (χ1v) is 10.7. The topological polar surface area (TPSA) is 45.9 Å². The summed E-state index contributed by atoms with van der Waals surface area (Å²) >= 11 is 1.13. The van der Waals surface area contributed by atoms with E-state index in [9.17, 15) is 18.4 Å². The average molecular weight is 450 g/mol. The molecular formula is C25H17F3N2OS. The number of alkyl halides is 3. The molecule has 0 N–H and O–H groups in total. The minimum Gasteiger partial charge on any atom is -0.497 e. The maximum atomic E-state index is 13.8. The molecule has 32 heavy (non-hydrogen) atoms. The van der Waals surface area contributed by atoms with E-state index in [1.54, 1.807) is 30.3 Å². The number of nitrogens with zero attached hydrogens (tertiary/aromatic N) is 2. The van der Waals surface area contributed by atoms with Gasteiger partial charge in [0.2, 0.25) is 0 Å². The molecule has 4 aromatic rings. The average Bonchev–Trinajstić information content (AvgIpc) is 2.81. The fourth-order valence-electron chi connectivity index (χ4n) is 3.43. The molecule has 0 unspecified atom stereocenters. The second kappa shape index (κ2) is 8.93. The van der Waals surface area contributed by atoms with Crippen molar-refractivity contribution in [2.45, 2.75) is 17.0 Å². The van der Waals surface area contributed by atoms with E-state index in [1.807, 2.05) is 42.5 Å².